The summed E-state index contributed by atoms with van der Waals surface area (Å²) >= 11 is 3.39. The second-order valence-corrected chi connectivity index (χ2v) is 9.83. The highest BCUT2D eigenvalue weighted by Crippen LogP contribution is 2.35. The van der Waals surface area contributed by atoms with Crippen molar-refractivity contribution in [1.29, 1.82) is 0 Å². The van der Waals surface area contributed by atoms with E-state index in [0.717, 1.165) is 9.04 Å². The van der Waals surface area contributed by atoms with E-state index in [1.54, 1.807) is 24.3 Å². The van der Waals surface area contributed by atoms with Gasteiger partial charge < -0.3 is 26.2 Å². The number of nitrogens with one attached hydrogen (secondary N) is 3. The summed E-state index contributed by atoms with van der Waals surface area (Å²) in [6, 6.07) is 5.85. The second-order valence-electron chi connectivity index (χ2n) is 8.92. The van der Waals surface area contributed by atoms with Crippen LogP contribution in [0.2, 0.25) is 0 Å². The molecule has 3 amide bonds. The standard InChI is InChI=1S/C24H29BrN8O6/c1-30-15(12-33-18-19(29-22(33)27-9-11-35)31(2)24(39)32(3)21(18)37)16(20(36)26-8-10-34)17(28-23(30)38)13-4-6-14(25)7-5-13/h4-7,12,16-17,34-35H,8-11H2,1-3H3,(H,26,36)(H,27,29)(H,28,38)/b15-12-. The molecular weight excluding hydrogens is 576 g/mol. The minimum Gasteiger partial charge on any atom is -0.395 e. The predicted molar refractivity (Wildman–Crippen MR) is 147 cm³/mol. The van der Waals surface area contributed by atoms with Gasteiger partial charge in [-0.3, -0.25) is 28.2 Å². The smallest absolute Gasteiger partial charge is 0.332 e. The monoisotopic (exact) mass is 604 g/mol. The average molecular weight is 605 g/mol. The molecule has 0 radical (unpaired) electrons. The largest absolute Gasteiger partial charge is 0.395 e. The normalized spacial score (nSPS) is 18.5. The molecule has 1 fully saturated rings. The number of amides is 3. The summed E-state index contributed by atoms with van der Waals surface area (Å²) in [5.74, 6) is -1.33. The Labute approximate surface area is 230 Å². The highest BCUT2D eigenvalue weighted by molar-refractivity contribution is 9.10. The third-order valence-electron chi connectivity index (χ3n) is 6.49. The molecule has 3 aromatic rings. The van der Waals surface area contributed by atoms with Crippen molar-refractivity contribution in [2.45, 2.75) is 6.04 Å². The lowest BCUT2D eigenvalue weighted by atomic mass is 9.87. The minimum absolute atomic E-state index is 0.00665. The fourth-order valence-corrected chi connectivity index (χ4v) is 4.73. The van der Waals surface area contributed by atoms with Crippen LogP contribution in [0.3, 0.4) is 0 Å². The van der Waals surface area contributed by atoms with Gasteiger partial charge in [0.2, 0.25) is 11.9 Å². The number of aliphatic hydroxyl groups is 2. The van der Waals surface area contributed by atoms with Crippen LogP contribution >= 0.6 is 15.9 Å². The lowest BCUT2D eigenvalue weighted by Gasteiger charge is -2.39. The highest BCUT2D eigenvalue weighted by atomic mass is 79.9. The van der Waals surface area contributed by atoms with Gasteiger partial charge in [-0.25, -0.2) is 9.59 Å². The number of halogens is 1. The van der Waals surface area contributed by atoms with E-state index in [1.807, 2.05) is 0 Å². The summed E-state index contributed by atoms with van der Waals surface area (Å²) < 4.78 is 4.33. The molecule has 39 heavy (non-hydrogen) atoms. The van der Waals surface area contributed by atoms with Gasteiger partial charge in [0.15, 0.2) is 11.2 Å². The van der Waals surface area contributed by atoms with Crippen LogP contribution in [0.1, 0.15) is 11.6 Å². The third-order valence-corrected chi connectivity index (χ3v) is 7.02. The lowest BCUT2D eigenvalue weighted by Crippen LogP contribution is -2.54. The maximum absolute atomic E-state index is 13.5. The van der Waals surface area contributed by atoms with E-state index in [-0.39, 0.29) is 49.1 Å². The number of aryl methyl sites for hydroxylation is 1. The fraction of sp³-hybridized carbons (Fsp3) is 0.375. The Morgan fingerprint density at radius 1 is 1.08 bits per heavy atom. The van der Waals surface area contributed by atoms with Crippen LogP contribution < -0.4 is 27.2 Å². The highest BCUT2D eigenvalue weighted by Gasteiger charge is 2.42. The predicted octanol–water partition coefficient (Wildman–Crippen LogP) is -0.480. The molecule has 3 heterocycles. The van der Waals surface area contributed by atoms with Crippen molar-refractivity contribution >= 4 is 51.2 Å². The molecule has 4 rings (SSSR count). The van der Waals surface area contributed by atoms with E-state index in [0.29, 0.717) is 5.56 Å². The first-order chi connectivity index (χ1) is 18.6. The minimum atomic E-state index is -0.986. The van der Waals surface area contributed by atoms with Crippen LogP contribution in [0.15, 0.2) is 44.0 Å². The number of nitrogens with zero attached hydrogens (tertiary/aromatic N) is 5. The number of benzene rings is 1. The molecule has 0 aliphatic carbocycles. The summed E-state index contributed by atoms with van der Waals surface area (Å²) in [5, 5.41) is 27.2. The number of fused-ring (bicyclic) bond motifs is 1. The first-order valence-electron chi connectivity index (χ1n) is 12.0. The van der Waals surface area contributed by atoms with Crippen LogP contribution in [-0.2, 0) is 18.9 Å². The van der Waals surface area contributed by atoms with E-state index in [9.17, 15) is 29.4 Å². The van der Waals surface area contributed by atoms with Gasteiger partial charge in [0.25, 0.3) is 5.56 Å². The van der Waals surface area contributed by atoms with Crippen LogP contribution in [0.5, 0.6) is 0 Å². The molecule has 15 heteroatoms. The maximum atomic E-state index is 13.5. The molecule has 1 aliphatic rings. The Hall–Kier alpha value is -3.95. The quantitative estimate of drug-likeness (QED) is 0.229. The first-order valence-corrected chi connectivity index (χ1v) is 12.8. The lowest BCUT2D eigenvalue weighted by molar-refractivity contribution is -0.125. The van der Waals surface area contributed by atoms with Crippen molar-refractivity contribution < 1.29 is 19.8 Å². The van der Waals surface area contributed by atoms with E-state index < -0.39 is 35.1 Å². The first kappa shape index (κ1) is 28.1. The molecule has 0 spiro atoms. The van der Waals surface area contributed by atoms with Crippen molar-refractivity contribution in [2.24, 2.45) is 20.0 Å². The molecule has 2 aromatic heterocycles. The third kappa shape index (κ3) is 5.20. The van der Waals surface area contributed by atoms with E-state index in [4.69, 9.17) is 0 Å². The summed E-state index contributed by atoms with van der Waals surface area (Å²) in [6.07, 6.45) is 1.45. The molecule has 1 saturated heterocycles. The van der Waals surface area contributed by atoms with Gasteiger partial charge in [0.05, 0.1) is 25.0 Å². The van der Waals surface area contributed by atoms with Crippen molar-refractivity contribution in [3.8, 4) is 0 Å². The molecule has 1 aliphatic heterocycles. The topological polar surface area (TPSA) is 176 Å². The molecule has 2 atom stereocenters. The van der Waals surface area contributed by atoms with Crippen molar-refractivity contribution in [1.82, 2.24) is 34.2 Å². The summed E-state index contributed by atoms with van der Waals surface area (Å²) in [7, 11) is 4.29. The Bertz CT molecular complexity index is 1560. The molecular formula is C24H29BrN8O6. The van der Waals surface area contributed by atoms with Crippen molar-refractivity contribution in [2.75, 3.05) is 38.7 Å². The number of carbonyl (C=O) groups excluding carboxylic acids is 2. The molecule has 0 saturated carbocycles. The number of carbonyl (C=O) groups is 2. The van der Waals surface area contributed by atoms with Gasteiger partial charge in [-0.05, 0) is 17.7 Å². The Balaban J connectivity index is 2.00. The van der Waals surface area contributed by atoms with Gasteiger partial charge in [0.1, 0.15) is 5.92 Å². The molecule has 0 bridgehead atoms. The zero-order valence-corrected chi connectivity index (χ0v) is 23.1. The van der Waals surface area contributed by atoms with Gasteiger partial charge in [-0.1, -0.05) is 28.1 Å². The number of rotatable bonds is 8. The molecule has 1 aromatic carbocycles. The maximum Gasteiger partial charge on any atom is 0.332 e. The number of anilines is 1. The van der Waals surface area contributed by atoms with E-state index in [1.165, 1.54) is 41.4 Å². The SMILES string of the molecule is CN1C(=O)NC(c2ccc(Br)cc2)C(C(=O)NCCO)/C1=C/n1c(NCCO)nc2c1c(=O)n(C)c(=O)n2C. The molecule has 5 N–H and O–H groups in total. The Morgan fingerprint density at radius 3 is 2.38 bits per heavy atom. The van der Waals surface area contributed by atoms with E-state index >= 15 is 0 Å². The van der Waals surface area contributed by atoms with Gasteiger partial charge >= 0.3 is 11.7 Å². The molecule has 14 nitrogen and oxygen atoms in total. The summed E-state index contributed by atoms with van der Waals surface area (Å²) in [6.45, 7) is -0.447. The number of hydrogen-bond donors (Lipinski definition) is 5. The zero-order valence-electron chi connectivity index (χ0n) is 21.5. The van der Waals surface area contributed by atoms with Gasteiger partial charge in [0, 0.05) is 44.9 Å². The van der Waals surface area contributed by atoms with Crippen molar-refractivity contribution in [3.63, 3.8) is 0 Å². The van der Waals surface area contributed by atoms with E-state index in [2.05, 4.69) is 36.9 Å². The number of aromatic nitrogens is 4. The van der Waals surface area contributed by atoms with Crippen LogP contribution in [0.25, 0.3) is 17.4 Å². The van der Waals surface area contributed by atoms with Crippen LogP contribution in [0, 0.1) is 5.92 Å². The van der Waals surface area contributed by atoms with Gasteiger partial charge in [-0.15, -0.1) is 0 Å². The number of aliphatic hydroxyl groups excluding tert-OH is 2. The summed E-state index contributed by atoms with van der Waals surface area (Å²) in [4.78, 5) is 58.1. The Kier molecular flexibility index (Phi) is 8.22. The molecule has 2 unspecified atom stereocenters. The number of imidazole rings is 1. The molecule has 208 valence electrons. The number of hydrogen-bond acceptors (Lipinski definition) is 8. The fourth-order valence-electron chi connectivity index (χ4n) is 4.46. The second kappa shape index (κ2) is 11.4. The van der Waals surface area contributed by atoms with Crippen molar-refractivity contribution in [3.05, 3.63) is 60.8 Å². The van der Waals surface area contributed by atoms with Crippen LogP contribution in [0.4, 0.5) is 10.7 Å². The zero-order chi connectivity index (χ0) is 28.4. The number of urea groups is 1. The average Bonchev–Trinajstić information content (AvgIpc) is 3.29. The van der Waals surface area contributed by atoms with Gasteiger partial charge in [-0.2, -0.15) is 4.98 Å². The Morgan fingerprint density at radius 2 is 1.74 bits per heavy atom. The summed E-state index contributed by atoms with van der Waals surface area (Å²) in [5.41, 5.74) is -0.227. The van der Waals surface area contributed by atoms with Crippen LogP contribution in [-0.4, -0.2) is 79.1 Å².